The van der Waals surface area contributed by atoms with E-state index >= 15 is 0 Å². The molecule has 2 rings (SSSR count). The van der Waals surface area contributed by atoms with Crippen LogP contribution in [0, 0.1) is 0 Å². The Morgan fingerprint density at radius 3 is 2.59 bits per heavy atom. The van der Waals surface area contributed by atoms with E-state index in [0.717, 1.165) is 6.07 Å². The SMILES string of the molecule is CCCNC(=O)c1c(O)c(=O)cc(CNS(=O)(=O)c2ccccc2Cl)n1C. The van der Waals surface area contributed by atoms with E-state index in [4.69, 9.17) is 11.6 Å². The van der Waals surface area contributed by atoms with Gasteiger partial charge in [-0.1, -0.05) is 30.7 Å². The molecule has 0 saturated heterocycles. The highest BCUT2D eigenvalue weighted by molar-refractivity contribution is 7.89. The van der Waals surface area contributed by atoms with Crippen molar-refractivity contribution in [3.05, 3.63) is 57.0 Å². The number of rotatable bonds is 7. The van der Waals surface area contributed by atoms with Gasteiger partial charge in [0.25, 0.3) is 5.91 Å². The highest BCUT2D eigenvalue weighted by Gasteiger charge is 2.21. The molecule has 10 heteroatoms. The molecule has 0 atom stereocenters. The number of benzene rings is 1. The Morgan fingerprint density at radius 1 is 1.30 bits per heavy atom. The molecule has 1 aromatic heterocycles. The zero-order valence-electron chi connectivity index (χ0n) is 14.8. The third kappa shape index (κ3) is 4.68. The molecule has 27 heavy (non-hydrogen) atoms. The van der Waals surface area contributed by atoms with Crippen LogP contribution in [-0.4, -0.2) is 30.5 Å². The average Bonchev–Trinajstić information content (AvgIpc) is 2.62. The van der Waals surface area contributed by atoms with E-state index in [0.29, 0.717) is 13.0 Å². The van der Waals surface area contributed by atoms with E-state index in [1.165, 1.54) is 29.8 Å². The van der Waals surface area contributed by atoms with Crippen LogP contribution in [0.2, 0.25) is 5.02 Å². The van der Waals surface area contributed by atoms with E-state index in [2.05, 4.69) is 10.0 Å². The highest BCUT2D eigenvalue weighted by atomic mass is 35.5. The summed E-state index contributed by atoms with van der Waals surface area (Å²) in [4.78, 5) is 24.1. The van der Waals surface area contributed by atoms with Crippen LogP contribution in [0.5, 0.6) is 5.75 Å². The van der Waals surface area contributed by atoms with Crippen LogP contribution in [0.4, 0.5) is 0 Å². The normalized spacial score (nSPS) is 11.4. The second-order valence-electron chi connectivity index (χ2n) is 5.77. The molecule has 1 aromatic carbocycles. The second kappa shape index (κ2) is 8.55. The van der Waals surface area contributed by atoms with Gasteiger partial charge in [0.2, 0.25) is 15.5 Å². The van der Waals surface area contributed by atoms with Gasteiger partial charge in [-0.2, -0.15) is 0 Å². The van der Waals surface area contributed by atoms with Crippen LogP contribution in [0.25, 0.3) is 0 Å². The number of nitrogens with one attached hydrogen (secondary N) is 2. The van der Waals surface area contributed by atoms with Gasteiger partial charge in [-0.15, -0.1) is 0 Å². The van der Waals surface area contributed by atoms with E-state index < -0.39 is 27.1 Å². The number of halogens is 1. The van der Waals surface area contributed by atoms with Gasteiger partial charge in [0.05, 0.1) is 11.6 Å². The molecular formula is C17H20ClN3O5S. The standard InChI is InChI=1S/C17H20ClN3O5S/c1-3-8-19-17(24)15-16(23)13(22)9-11(21(15)2)10-20-27(25,26)14-7-5-4-6-12(14)18/h4-7,9,20,23H,3,8,10H2,1-2H3,(H,19,24). The summed E-state index contributed by atoms with van der Waals surface area (Å²) in [6, 6.07) is 7.01. The summed E-state index contributed by atoms with van der Waals surface area (Å²) in [5.74, 6) is -1.31. The average molecular weight is 414 g/mol. The fourth-order valence-corrected chi connectivity index (χ4v) is 3.91. The first kappa shape index (κ1) is 20.9. The fourth-order valence-electron chi connectivity index (χ4n) is 2.40. The van der Waals surface area contributed by atoms with E-state index in [-0.39, 0.29) is 27.9 Å². The lowest BCUT2D eigenvalue weighted by Crippen LogP contribution is -2.32. The molecule has 3 N–H and O–H groups in total. The molecule has 8 nitrogen and oxygen atoms in total. The van der Waals surface area contributed by atoms with Crippen molar-refractivity contribution in [2.75, 3.05) is 6.54 Å². The molecule has 0 fully saturated rings. The molecular weight excluding hydrogens is 394 g/mol. The first-order valence-electron chi connectivity index (χ1n) is 8.13. The molecule has 0 spiro atoms. The van der Waals surface area contributed by atoms with Crippen LogP contribution in [0.3, 0.4) is 0 Å². The topological polar surface area (TPSA) is 118 Å². The third-order valence-electron chi connectivity index (χ3n) is 3.84. The summed E-state index contributed by atoms with van der Waals surface area (Å²) in [6.45, 7) is 1.96. The second-order valence-corrected chi connectivity index (χ2v) is 7.91. The number of pyridine rings is 1. The van der Waals surface area contributed by atoms with E-state index in [9.17, 15) is 23.1 Å². The molecule has 0 aliphatic rings. The highest BCUT2D eigenvalue weighted by Crippen LogP contribution is 2.20. The zero-order valence-corrected chi connectivity index (χ0v) is 16.4. The Labute approximate surface area is 161 Å². The number of hydrogen-bond acceptors (Lipinski definition) is 5. The Kier molecular flexibility index (Phi) is 6.63. The lowest BCUT2D eigenvalue weighted by molar-refractivity contribution is 0.0940. The maximum absolute atomic E-state index is 12.4. The van der Waals surface area contributed by atoms with Gasteiger partial charge in [0.15, 0.2) is 11.4 Å². The number of nitrogens with zero attached hydrogens (tertiary/aromatic N) is 1. The largest absolute Gasteiger partial charge is 0.503 e. The van der Waals surface area contributed by atoms with Crippen LogP contribution in [-0.2, 0) is 23.6 Å². The molecule has 146 valence electrons. The Balaban J connectivity index is 2.35. The predicted octanol–water partition coefficient (Wildman–Crippen LogP) is 1.36. The van der Waals surface area contributed by atoms with Gasteiger partial charge in [-0.25, -0.2) is 13.1 Å². The fraction of sp³-hybridized carbons (Fsp3) is 0.294. The lowest BCUT2D eigenvalue weighted by Gasteiger charge is -2.16. The van der Waals surface area contributed by atoms with Crippen LogP contribution in [0.15, 0.2) is 40.0 Å². The molecule has 0 aliphatic heterocycles. The van der Waals surface area contributed by atoms with Crippen LogP contribution >= 0.6 is 11.6 Å². The summed E-state index contributed by atoms with van der Waals surface area (Å²) >= 11 is 5.92. The minimum Gasteiger partial charge on any atom is -0.503 e. The summed E-state index contributed by atoms with van der Waals surface area (Å²) in [5.41, 5.74) is -0.806. The minimum absolute atomic E-state index is 0.0595. The van der Waals surface area contributed by atoms with Crippen molar-refractivity contribution >= 4 is 27.5 Å². The molecule has 2 aromatic rings. The maximum atomic E-state index is 12.4. The number of hydrogen-bond donors (Lipinski definition) is 3. The zero-order chi connectivity index (χ0) is 20.2. The molecule has 0 radical (unpaired) electrons. The number of aromatic nitrogens is 1. The molecule has 0 saturated carbocycles. The molecule has 1 amide bonds. The van der Waals surface area contributed by atoms with Crippen molar-refractivity contribution in [3.63, 3.8) is 0 Å². The van der Waals surface area contributed by atoms with Gasteiger partial charge in [0.1, 0.15) is 4.90 Å². The third-order valence-corrected chi connectivity index (χ3v) is 5.74. The van der Waals surface area contributed by atoms with Gasteiger partial charge < -0.3 is 15.0 Å². The Bertz CT molecular complexity index is 1020. The van der Waals surface area contributed by atoms with Crippen molar-refractivity contribution < 1.29 is 18.3 Å². The molecule has 0 aliphatic carbocycles. The van der Waals surface area contributed by atoms with Crippen LogP contribution < -0.4 is 15.5 Å². The van der Waals surface area contributed by atoms with Crippen molar-refractivity contribution in [3.8, 4) is 5.75 Å². The van der Waals surface area contributed by atoms with Crippen molar-refractivity contribution in [1.29, 1.82) is 0 Å². The molecule has 0 bridgehead atoms. The van der Waals surface area contributed by atoms with Crippen molar-refractivity contribution in [2.45, 2.75) is 24.8 Å². The number of amides is 1. The van der Waals surface area contributed by atoms with E-state index in [1.807, 2.05) is 6.92 Å². The van der Waals surface area contributed by atoms with E-state index in [1.54, 1.807) is 6.07 Å². The number of aromatic hydroxyl groups is 1. The molecule has 1 heterocycles. The predicted molar refractivity (Wildman–Crippen MR) is 101 cm³/mol. The Hall–Kier alpha value is -2.36. The lowest BCUT2D eigenvalue weighted by atomic mass is 10.2. The van der Waals surface area contributed by atoms with Crippen molar-refractivity contribution in [1.82, 2.24) is 14.6 Å². The van der Waals surface area contributed by atoms with Gasteiger partial charge in [-0.05, 0) is 18.6 Å². The van der Waals surface area contributed by atoms with Gasteiger partial charge >= 0.3 is 0 Å². The number of sulfonamides is 1. The minimum atomic E-state index is -3.94. The summed E-state index contributed by atoms with van der Waals surface area (Å²) in [5, 5.41) is 12.6. The summed E-state index contributed by atoms with van der Waals surface area (Å²) < 4.78 is 28.5. The summed E-state index contributed by atoms with van der Waals surface area (Å²) in [6.07, 6.45) is 0.678. The summed E-state index contributed by atoms with van der Waals surface area (Å²) in [7, 11) is -2.48. The maximum Gasteiger partial charge on any atom is 0.271 e. The first-order chi connectivity index (χ1) is 12.7. The number of carbonyl (C=O) groups excluding carboxylic acids is 1. The van der Waals surface area contributed by atoms with Crippen LogP contribution in [0.1, 0.15) is 29.5 Å². The van der Waals surface area contributed by atoms with Crippen molar-refractivity contribution in [2.24, 2.45) is 7.05 Å². The molecule has 0 unspecified atom stereocenters. The van der Waals surface area contributed by atoms with Gasteiger partial charge in [0, 0.05) is 25.4 Å². The van der Waals surface area contributed by atoms with Gasteiger partial charge in [-0.3, -0.25) is 9.59 Å². The Morgan fingerprint density at radius 2 is 1.96 bits per heavy atom. The monoisotopic (exact) mass is 413 g/mol. The first-order valence-corrected chi connectivity index (χ1v) is 9.99. The number of carbonyl (C=O) groups is 1. The smallest absolute Gasteiger partial charge is 0.271 e. The quantitative estimate of drug-likeness (QED) is 0.633.